The van der Waals surface area contributed by atoms with Gasteiger partial charge in [-0.05, 0) is 65.2 Å². The average Bonchev–Trinajstić information content (AvgIpc) is 3.43. The third-order valence-corrected chi connectivity index (χ3v) is 7.08. The lowest BCUT2D eigenvalue weighted by atomic mass is 9.82. The normalized spacial score (nSPS) is 24.5. The molecule has 1 aliphatic carbocycles. The fraction of sp³-hybridized carbons (Fsp3) is 0.281. The van der Waals surface area contributed by atoms with E-state index in [0.29, 0.717) is 44.2 Å². The summed E-state index contributed by atoms with van der Waals surface area (Å²) in [4.78, 5) is 0. The molecule has 5 aromatic rings. The predicted octanol–water partition coefficient (Wildman–Crippen LogP) is 8.12. The van der Waals surface area contributed by atoms with E-state index in [-0.39, 0.29) is 5.69 Å². The summed E-state index contributed by atoms with van der Waals surface area (Å²) in [6.45, 7) is -8.63. The summed E-state index contributed by atoms with van der Waals surface area (Å²) in [5.41, 5.74) is 2.50. The first kappa shape index (κ1) is 11.4. The van der Waals surface area contributed by atoms with Gasteiger partial charge in [0.1, 0.15) is 18.2 Å². The maximum absolute atomic E-state index is 8.89. The number of benzene rings is 3. The van der Waals surface area contributed by atoms with Gasteiger partial charge in [-0.15, -0.1) is 0 Å². The van der Waals surface area contributed by atoms with Crippen molar-refractivity contribution in [3.05, 3.63) is 88.6 Å². The van der Waals surface area contributed by atoms with Gasteiger partial charge in [-0.25, -0.2) is 4.57 Å². The molecule has 0 amide bonds. The molecule has 0 bridgehead atoms. The number of nitrogens with zero attached hydrogens (tertiary/aromatic N) is 1. The van der Waals surface area contributed by atoms with Crippen molar-refractivity contribution in [1.82, 2.24) is 0 Å². The molecule has 3 aromatic carbocycles. The van der Waals surface area contributed by atoms with Crippen LogP contribution >= 0.6 is 0 Å². The minimum Gasteiger partial charge on any atom is -0.455 e. The summed E-state index contributed by atoms with van der Waals surface area (Å²) < 4.78 is 115. The van der Waals surface area contributed by atoms with Crippen LogP contribution in [-0.2, 0) is 12.5 Å². The lowest BCUT2D eigenvalue weighted by molar-refractivity contribution is -0.660. The van der Waals surface area contributed by atoms with Crippen LogP contribution in [0.15, 0.2) is 65.2 Å². The van der Waals surface area contributed by atoms with Crippen LogP contribution in [0.3, 0.4) is 0 Å². The number of hydrogen-bond donors (Lipinski definition) is 0. The van der Waals surface area contributed by atoms with Crippen LogP contribution in [0.2, 0.25) is 0 Å². The predicted molar refractivity (Wildman–Crippen MR) is 141 cm³/mol. The summed E-state index contributed by atoms with van der Waals surface area (Å²) in [6.07, 6.45) is 1.16. The third-order valence-electron chi connectivity index (χ3n) is 7.08. The standard InChI is InChI=1S/C32H32NO/c1-18(2)23-15-28(33(7)17-20(23)4)30-19(3)12-13-22-25-14-27-24(16-29(25)34-31(22)30)21-10-8-9-11-26(21)32(27,5)6/h8-18H,1-7H3/q+1/i1D3,2D3,4D3,5D3,18D. The van der Waals surface area contributed by atoms with Crippen LogP contribution < -0.4 is 4.57 Å². The van der Waals surface area contributed by atoms with Crippen molar-refractivity contribution < 1.29 is 26.8 Å². The van der Waals surface area contributed by atoms with E-state index in [2.05, 4.69) is 0 Å². The molecule has 6 rings (SSSR count). The van der Waals surface area contributed by atoms with Gasteiger partial charge in [0.15, 0.2) is 6.20 Å². The Morgan fingerprint density at radius 1 is 0.971 bits per heavy atom. The Morgan fingerprint density at radius 2 is 1.82 bits per heavy atom. The number of fused-ring (bicyclic) bond motifs is 6. The highest BCUT2D eigenvalue weighted by Gasteiger charge is 2.36. The third kappa shape index (κ3) is 2.78. The molecule has 0 saturated heterocycles. The van der Waals surface area contributed by atoms with Crippen LogP contribution in [-0.4, -0.2) is 0 Å². The van der Waals surface area contributed by atoms with Gasteiger partial charge in [0.2, 0.25) is 5.69 Å². The van der Waals surface area contributed by atoms with Crippen LogP contribution in [0.1, 0.15) is 79.0 Å². The monoisotopic (exact) mass is 459 g/mol. The van der Waals surface area contributed by atoms with E-state index in [1.807, 2.05) is 42.5 Å². The van der Waals surface area contributed by atoms with E-state index >= 15 is 0 Å². The summed E-state index contributed by atoms with van der Waals surface area (Å²) in [5, 5.41) is 1.27. The molecule has 2 nitrogen and oxygen atoms in total. The highest BCUT2D eigenvalue weighted by molar-refractivity contribution is 6.11. The molecule has 2 aromatic heterocycles. The first-order chi connectivity index (χ1) is 21.4. The lowest BCUT2D eigenvalue weighted by Gasteiger charge is -2.21. The van der Waals surface area contributed by atoms with Crippen LogP contribution in [0.25, 0.3) is 44.3 Å². The molecular weight excluding hydrogens is 414 g/mol. The molecule has 2 heterocycles. The topological polar surface area (TPSA) is 17.0 Å². The van der Waals surface area contributed by atoms with Crippen molar-refractivity contribution in [3.63, 3.8) is 0 Å². The highest BCUT2D eigenvalue weighted by atomic mass is 16.3. The molecule has 0 saturated carbocycles. The summed E-state index contributed by atoms with van der Waals surface area (Å²) in [6, 6.07) is 15.8. The second-order valence-corrected chi connectivity index (χ2v) is 9.27. The van der Waals surface area contributed by atoms with Crippen LogP contribution in [0, 0.1) is 13.8 Å². The van der Waals surface area contributed by atoms with Gasteiger partial charge in [0, 0.05) is 45.6 Å². The SMILES string of the molecule is [2H]C([2H])([2H])c1c[n+](C)c(-c2c(C)ccc3c2oc2cc4c(cc23)C(C)(C([2H])([2H])[2H])c2ccccc2-4)cc1C([2H])(C([2H])([2H])[2H])C([2H])([2H])[2H]. The average molecular weight is 460 g/mol. The first-order valence-corrected chi connectivity index (χ1v) is 11.1. The molecule has 34 heavy (non-hydrogen) atoms. The summed E-state index contributed by atoms with van der Waals surface area (Å²) >= 11 is 0. The van der Waals surface area contributed by atoms with Crippen molar-refractivity contribution in [1.29, 1.82) is 0 Å². The zero-order valence-corrected chi connectivity index (χ0v) is 19.1. The molecule has 1 atom stereocenters. The van der Waals surface area contributed by atoms with Gasteiger partial charge in [-0.2, -0.15) is 0 Å². The smallest absolute Gasteiger partial charge is 0.216 e. The summed E-state index contributed by atoms with van der Waals surface area (Å²) in [5.74, 6) is -3.27. The number of rotatable bonds is 2. The van der Waals surface area contributed by atoms with Gasteiger partial charge < -0.3 is 4.42 Å². The molecule has 0 fully saturated rings. The van der Waals surface area contributed by atoms with Crippen molar-refractivity contribution >= 4 is 21.9 Å². The van der Waals surface area contributed by atoms with Gasteiger partial charge >= 0.3 is 0 Å². The minimum absolute atomic E-state index is 0.241. The molecule has 1 aliphatic rings. The van der Waals surface area contributed by atoms with Crippen molar-refractivity contribution in [2.45, 2.75) is 52.6 Å². The molecular formula is C32H32NO+. The Kier molecular flexibility index (Phi) is 2.36. The fourth-order valence-electron chi connectivity index (χ4n) is 5.34. The number of furan rings is 1. The van der Waals surface area contributed by atoms with Crippen molar-refractivity contribution in [2.24, 2.45) is 7.05 Å². The Labute approximate surface area is 220 Å². The Balaban J connectivity index is 1.70. The lowest BCUT2D eigenvalue weighted by Crippen LogP contribution is -2.32. The molecule has 0 radical (unpaired) electrons. The maximum Gasteiger partial charge on any atom is 0.216 e. The largest absolute Gasteiger partial charge is 0.455 e. The van der Waals surface area contributed by atoms with Gasteiger partial charge in [-0.1, -0.05) is 63.9 Å². The first-order valence-electron chi connectivity index (χ1n) is 17.6. The van der Waals surface area contributed by atoms with Crippen LogP contribution in [0.5, 0.6) is 0 Å². The van der Waals surface area contributed by atoms with Gasteiger partial charge in [0.05, 0.1) is 5.56 Å². The number of aromatic nitrogens is 1. The Morgan fingerprint density at radius 3 is 2.62 bits per heavy atom. The van der Waals surface area contributed by atoms with E-state index in [4.69, 9.17) is 22.2 Å². The highest BCUT2D eigenvalue weighted by Crippen LogP contribution is 2.51. The zero-order chi connectivity index (χ0) is 34.9. The van der Waals surface area contributed by atoms with E-state index < -0.39 is 49.8 Å². The quantitative estimate of drug-likeness (QED) is 0.244. The van der Waals surface area contributed by atoms with Gasteiger partial charge in [-0.3, -0.25) is 0 Å². The molecule has 0 spiro atoms. The molecule has 0 aliphatic heterocycles. The molecule has 1 unspecified atom stereocenters. The second kappa shape index (κ2) is 7.06. The number of pyridine rings is 1. The van der Waals surface area contributed by atoms with E-state index in [1.165, 1.54) is 10.6 Å². The molecule has 0 N–H and O–H groups in total. The van der Waals surface area contributed by atoms with Gasteiger partial charge in [0.25, 0.3) is 0 Å². The van der Waals surface area contributed by atoms with Crippen LogP contribution in [0.4, 0.5) is 0 Å². The Bertz CT molecular complexity index is 2080. The van der Waals surface area contributed by atoms with E-state index in [1.54, 1.807) is 27.0 Å². The second-order valence-electron chi connectivity index (χ2n) is 9.27. The fourth-order valence-corrected chi connectivity index (χ4v) is 5.34. The Hall–Kier alpha value is -3.39. The molecule has 170 valence electrons. The maximum atomic E-state index is 8.89. The zero-order valence-electron chi connectivity index (χ0n) is 32.1. The minimum atomic E-state index is -3.41. The van der Waals surface area contributed by atoms with Crippen molar-refractivity contribution in [3.8, 4) is 22.4 Å². The number of aryl methyl sites for hydroxylation is 3. The summed E-state index contributed by atoms with van der Waals surface area (Å²) in [7, 11) is 1.55. The van der Waals surface area contributed by atoms with E-state index in [0.717, 1.165) is 17.3 Å². The number of hydrogen-bond acceptors (Lipinski definition) is 1. The molecule has 2 heteroatoms. The van der Waals surface area contributed by atoms with E-state index in [9.17, 15) is 0 Å². The van der Waals surface area contributed by atoms with Crippen molar-refractivity contribution in [2.75, 3.05) is 0 Å².